The van der Waals surface area contributed by atoms with Gasteiger partial charge in [0, 0.05) is 26.5 Å². The maximum Gasteiger partial charge on any atom is 0.164 e. The molecule has 2 spiro atoms. The zero-order valence-corrected chi connectivity index (χ0v) is 37.1. The number of hydrogen-bond acceptors (Lipinski definition) is 4. The predicted molar refractivity (Wildman–Crippen MR) is 272 cm³/mol. The molecule has 0 N–H and O–H groups in total. The average Bonchev–Trinajstić information content (AvgIpc) is 3.71. The first-order valence-electron chi connectivity index (χ1n) is 22.9. The van der Waals surface area contributed by atoms with Gasteiger partial charge in [-0.3, -0.25) is 0 Å². The fourth-order valence-corrected chi connectivity index (χ4v) is 13.1. The minimum atomic E-state index is -0.638. The maximum absolute atomic E-state index is 5.29. The zero-order valence-electron chi connectivity index (χ0n) is 36.3. The van der Waals surface area contributed by atoms with Crippen LogP contribution in [0.25, 0.3) is 67.2 Å². The van der Waals surface area contributed by atoms with Gasteiger partial charge in [0.2, 0.25) is 0 Å². The third-order valence-corrected chi connectivity index (χ3v) is 15.6. The maximum atomic E-state index is 5.29. The highest BCUT2D eigenvalue weighted by Crippen LogP contribution is 2.68. The molecule has 67 heavy (non-hydrogen) atoms. The molecule has 1 aromatic heterocycles. The second-order valence-corrected chi connectivity index (χ2v) is 18.8. The first-order chi connectivity index (χ1) is 33.2. The van der Waals surface area contributed by atoms with Crippen LogP contribution >= 0.6 is 11.8 Å². The average molecular weight is 870 g/mol. The van der Waals surface area contributed by atoms with E-state index in [4.69, 9.17) is 15.0 Å². The summed E-state index contributed by atoms with van der Waals surface area (Å²) in [4.78, 5) is 18.2. The van der Waals surface area contributed by atoms with E-state index in [2.05, 4.69) is 218 Å². The van der Waals surface area contributed by atoms with Gasteiger partial charge in [0.05, 0.1) is 10.8 Å². The molecule has 0 bridgehead atoms. The van der Waals surface area contributed by atoms with Crippen LogP contribution < -0.4 is 0 Å². The van der Waals surface area contributed by atoms with Crippen molar-refractivity contribution < 1.29 is 0 Å². The van der Waals surface area contributed by atoms with Crippen molar-refractivity contribution in [2.45, 2.75) is 20.6 Å². The van der Waals surface area contributed by atoms with Crippen LogP contribution in [-0.4, -0.2) is 15.0 Å². The minimum absolute atomic E-state index is 0.541. The largest absolute Gasteiger partial charge is 0.208 e. The standard InChI is InChI=1S/C63H39N3S/c1-2-20-41(21-3-1)59-64-60(66-61(65-59)48-29-17-22-40-19-4-5-25-44(40)48)43-24-16-23-42(39-43)45-27-18-28-47-46-26-6-7-30-49(46)63(58(45)47)52-33-10-8-31-50(52)62(51-32-9-11-34-53(51)63)54-35-12-14-37-56(54)67-57-38-15-13-36-55(57)62/h1-39H. The Kier molecular flexibility index (Phi) is 8.34. The van der Waals surface area contributed by atoms with Crippen LogP contribution in [0.1, 0.15) is 44.5 Å². The van der Waals surface area contributed by atoms with E-state index in [1.54, 1.807) is 0 Å². The molecule has 14 rings (SSSR count). The van der Waals surface area contributed by atoms with Crippen LogP contribution in [0.2, 0.25) is 0 Å². The summed E-state index contributed by atoms with van der Waals surface area (Å²) >= 11 is 1.88. The lowest BCUT2D eigenvalue weighted by atomic mass is 9.51. The van der Waals surface area contributed by atoms with E-state index < -0.39 is 10.8 Å². The van der Waals surface area contributed by atoms with Crippen molar-refractivity contribution in [2.75, 3.05) is 0 Å². The molecule has 11 aromatic rings. The summed E-state index contributed by atoms with van der Waals surface area (Å²) in [7, 11) is 0. The van der Waals surface area contributed by atoms with Crippen LogP contribution in [0.4, 0.5) is 0 Å². The van der Waals surface area contributed by atoms with Gasteiger partial charge in [-0.05, 0) is 95.7 Å². The molecule has 0 saturated carbocycles. The summed E-state index contributed by atoms with van der Waals surface area (Å²) in [5.41, 5.74) is 17.0. The van der Waals surface area contributed by atoms with Crippen LogP contribution in [0, 0.1) is 0 Å². The van der Waals surface area contributed by atoms with Crippen LogP contribution in [0.5, 0.6) is 0 Å². The molecule has 0 unspecified atom stereocenters. The van der Waals surface area contributed by atoms with Crippen molar-refractivity contribution in [3.63, 3.8) is 0 Å². The molecule has 3 aliphatic rings. The number of hydrogen-bond donors (Lipinski definition) is 0. The molecule has 0 saturated heterocycles. The van der Waals surface area contributed by atoms with Crippen molar-refractivity contribution in [3.05, 3.63) is 281 Å². The van der Waals surface area contributed by atoms with Gasteiger partial charge in [0.15, 0.2) is 17.5 Å². The Hall–Kier alpha value is -8.18. The van der Waals surface area contributed by atoms with Crippen molar-refractivity contribution in [3.8, 4) is 56.4 Å². The molecular formula is C63H39N3S. The Morgan fingerprint density at radius 1 is 0.284 bits per heavy atom. The lowest BCUT2D eigenvalue weighted by Crippen LogP contribution is -2.45. The van der Waals surface area contributed by atoms with E-state index in [0.717, 1.165) is 33.0 Å². The Bertz CT molecular complexity index is 3720. The molecule has 0 fully saturated rings. The monoisotopic (exact) mass is 869 g/mol. The summed E-state index contributed by atoms with van der Waals surface area (Å²) in [6.45, 7) is 0. The molecule has 0 amide bonds. The number of fused-ring (bicyclic) bond motifs is 16. The van der Waals surface area contributed by atoms with E-state index in [-0.39, 0.29) is 0 Å². The summed E-state index contributed by atoms with van der Waals surface area (Å²) in [6.07, 6.45) is 0. The highest BCUT2D eigenvalue weighted by molar-refractivity contribution is 7.99. The molecule has 1 aliphatic heterocycles. The second-order valence-electron chi connectivity index (χ2n) is 17.7. The number of rotatable bonds is 4. The summed E-state index contributed by atoms with van der Waals surface area (Å²) in [5, 5.41) is 2.25. The summed E-state index contributed by atoms with van der Waals surface area (Å²) < 4.78 is 0. The van der Waals surface area contributed by atoms with Crippen LogP contribution in [0.15, 0.2) is 246 Å². The van der Waals surface area contributed by atoms with Gasteiger partial charge in [-0.15, -0.1) is 0 Å². The molecule has 0 atom stereocenters. The van der Waals surface area contributed by atoms with E-state index in [0.29, 0.717) is 17.5 Å². The van der Waals surface area contributed by atoms with Gasteiger partial charge in [-0.25, -0.2) is 15.0 Å². The zero-order chi connectivity index (χ0) is 44.1. The predicted octanol–water partition coefficient (Wildman–Crippen LogP) is 15.2. The van der Waals surface area contributed by atoms with Crippen LogP contribution in [-0.2, 0) is 10.8 Å². The smallest absolute Gasteiger partial charge is 0.164 e. The SMILES string of the molecule is c1ccc(-c2nc(-c3cccc(-c4cccc5c4C4(c6ccccc6-5)c5ccccc5C5(c6ccccc6Sc6ccccc65)c5ccccc54)c3)nc(-c3cccc4ccccc34)n2)cc1. The van der Waals surface area contributed by atoms with Crippen molar-refractivity contribution in [1.82, 2.24) is 15.0 Å². The Labute approximate surface area is 393 Å². The van der Waals surface area contributed by atoms with E-state index in [1.165, 1.54) is 71.0 Å². The van der Waals surface area contributed by atoms with Gasteiger partial charge < -0.3 is 0 Å². The van der Waals surface area contributed by atoms with Gasteiger partial charge in [0.1, 0.15) is 0 Å². The molecule has 0 radical (unpaired) electrons. The number of aromatic nitrogens is 3. The molecular weight excluding hydrogens is 831 g/mol. The van der Waals surface area contributed by atoms with E-state index >= 15 is 0 Å². The third-order valence-electron chi connectivity index (χ3n) is 14.5. The fourth-order valence-electron chi connectivity index (χ4n) is 11.9. The van der Waals surface area contributed by atoms with Crippen molar-refractivity contribution >= 4 is 22.5 Å². The normalized spacial score (nSPS) is 14.1. The summed E-state index contributed by atoms with van der Waals surface area (Å²) in [6, 6.07) is 86.7. The lowest BCUT2D eigenvalue weighted by molar-refractivity contribution is 0.606. The minimum Gasteiger partial charge on any atom is -0.208 e. The molecule has 2 heterocycles. The summed E-state index contributed by atoms with van der Waals surface area (Å²) in [5.74, 6) is 1.92. The van der Waals surface area contributed by atoms with Gasteiger partial charge >= 0.3 is 0 Å². The van der Waals surface area contributed by atoms with Gasteiger partial charge in [0.25, 0.3) is 0 Å². The highest BCUT2D eigenvalue weighted by atomic mass is 32.2. The lowest BCUT2D eigenvalue weighted by Gasteiger charge is -2.52. The molecule has 4 heteroatoms. The van der Waals surface area contributed by atoms with Crippen molar-refractivity contribution in [1.29, 1.82) is 0 Å². The molecule has 2 aliphatic carbocycles. The molecule has 312 valence electrons. The number of nitrogens with zero attached hydrogens (tertiary/aromatic N) is 3. The van der Waals surface area contributed by atoms with E-state index in [9.17, 15) is 0 Å². The Morgan fingerprint density at radius 2 is 0.731 bits per heavy atom. The first kappa shape index (κ1) is 38.1. The number of benzene rings is 10. The third kappa shape index (κ3) is 5.33. The molecule has 3 nitrogen and oxygen atoms in total. The molecule has 10 aromatic carbocycles. The van der Waals surface area contributed by atoms with Gasteiger partial charge in [-0.2, -0.15) is 0 Å². The second kappa shape index (κ2) is 14.7. The topological polar surface area (TPSA) is 38.7 Å². The quantitative estimate of drug-likeness (QED) is 0.177. The fraction of sp³-hybridized carbons (Fsp3) is 0.0317. The highest BCUT2D eigenvalue weighted by Gasteiger charge is 2.58. The van der Waals surface area contributed by atoms with E-state index in [1.807, 2.05) is 30.0 Å². The van der Waals surface area contributed by atoms with Crippen molar-refractivity contribution in [2.24, 2.45) is 0 Å². The van der Waals surface area contributed by atoms with Gasteiger partial charge in [-0.1, -0.05) is 230 Å². The Balaban J connectivity index is 1.03. The Morgan fingerprint density at radius 3 is 1.45 bits per heavy atom. The van der Waals surface area contributed by atoms with Crippen LogP contribution in [0.3, 0.4) is 0 Å². The first-order valence-corrected chi connectivity index (χ1v) is 23.8.